The van der Waals surface area contributed by atoms with Crippen LogP contribution in [0.2, 0.25) is 5.02 Å². The second-order valence-electron chi connectivity index (χ2n) is 6.37. The van der Waals surface area contributed by atoms with E-state index in [4.69, 9.17) is 21.1 Å². The third-order valence-electron chi connectivity index (χ3n) is 4.27. The predicted octanol–water partition coefficient (Wildman–Crippen LogP) is 3.08. The van der Waals surface area contributed by atoms with Crippen molar-refractivity contribution in [3.63, 3.8) is 0 Å². The standard InChI is InChI=1S/C19H18ClN3O3/c1-23(8-12-6-14(20)7-13-10-25-11-26-18(12)13)9-17-21-16-5-3-2-4-15(16)19(24)22-17/h2-7H,8-11H2,1H3,(H,21,22,24). The number of fused-ring (bicyclic) bond motifs is 2. The second kappa shape index (κ2) is 7.07. The fourth-order valence-corrected chi connectivity index (χ4v) is 3.45. The molecule has 6 nitrogen and oxygen atoms in total. The van der Waals surface area contributed by atoms with E-state index in [0.29, 0.717) is 41.4 Å². The summed E-state index contributed by atoms with van der Waals surface area (Å²) in [7, 11) is 1.96. The lowest BCUT2D eigenvalue weighted by atomic mass is 10.1. The van der Waals surface area contributed by atoms with Crippen LogP contribution in [-0.2, 0) is 24.4 Å². The molecule has 0 aliphatic carbocycles. The lowest BCUT2D eigenvalue weighted by Crippen LogP contribution is -2.23. The summed E-state index contributed by atoms with van der Waals surface area (Å²) in [6.45, 7) is 1.84. The minimum absolute atomic E-state index is 0.125. The number of nitrogens with zero attached hydrogens (tertiary/aromatic N) is 2. The fourth-order valence-electron chi connectivity index (χ4n) is 3.19. The van der Waals surface area contributed by atoms with Crippen LogP contribution in [0.4, 0.5) is 0 Å². The quantitative estimate of drug-likeness (QED) is 0.763. The maximum absolute atomic E-state index is 12.2. The molecule has 2 aromatic carbocycles. The first-order valence-corrected chi connectivity index (χ1v) is 8.66. The van der Waals surface area contributed by atoms with Gasteiger partial charge in [0.1, 0.15) is 11.6 Å². The van der Waals surface area contributed by atoms with Gasteiger partial charge in [-0.25, -0.2) is 4.98 Å². The summed E-state index contributed by atoms with van der Waals surface area (Å²) in [6, 6.07) is 11.1. The molecule has 0 spiro atoms. The molecule has 2 heterocycles. The lowest BCUT2D eigenvalue weighted by Gasteiger charge is -2.23. The van der Waals surface area contributed by atoms with Crippen molar-refractivity contribution in [1.82, 2.24) is 14.9 Å². The summed E-state index contributed by atoms with van der Waals surface area (Å²) >= 11 is 6.22. The number of hydrogen-bond donors (Lipinski definition) is 1. The molecule has 0 saturated carbocycles. The van der Waals surface area contributed by atoms with E-state index >= 15 is 0 Å². The summed E-state index contributed by atoms with van der Waals surface area (Å²) in [6.07, 6.45) is 0. The van der Waals surface area contributed by atoms with E-state index in [1.165, 1.54) is 0 Å². The average Bonchev–Trinajstić information content (AvgIpc) is 2.61. The predicted molar refractivity (Wildman–Crippen MR) is 99.3 cm³/mol. The summed E-state index contributed by atoms with van der Waals surface area (Å²) in [5.41, 5.74) is 2.51. The Kier molecular flexibility index (Phi) is 4.63. The number of nitrogens with one attached hydrogen (secondary N) is 1. The molecule has 134 valence electrons. The smallest absolute Gasteiger partial charge is 0.258 e. The number of rotatable bonds is 4. The van der Waals surface area contributed by atoms with Crippen molar-refractivity contribution in [3.05, 3.63) is 68.7 Å². The van der Waals surface area contributed by atoms with Crippen LogP contribution in [0, 0.1) is 0 Å². The highest BCUT2D eigenvalue weighted by molar-refractivity contribution is 6.30. The van der Waals surface area contributed by atoms with Gasteiger partial charge in [-0.05, 0) is 31.3 Å². The number of aromatic amines is 1. The number of aromatic nitrogens is 2. The van der Waals surface area contributed by atoms with Crippen LogP contribution >= 0.6 is 11.6 Å². The van der Waals surface area contributed by atoms with E-state index in [-0.39, 0.29) is 12.4 Å². The number of H-pyrrole nitrogens is 1. The van der Waals surface area contributed by atoms with Crippen molar-refractivity contribution in [2.24, 2.45) is 0 Å². The van der Waals surface area contributed by atoms with E-state index in [1.807, 2.05) is 37.4 Å². The van der Waals surface area contributed by atoms with Crippen LogP contribution < -0.4 is 10.3 Å². The van der Waals surface area contributed by atoms with Crippen molar-refractivity contribution in [2.45, 2.75) is 19.7 Å². The molecule has 4 rings (SSSR count). The molecule has 0 unspecified atom stereocenters. The van der Waals surface area contributed by atoms with E-state index in [2.05, 4.69) is 14.9 Å². The second-order valence-corrected chi connectivity index (χ2v) is 6.80. The Morgan fingerprint density at radius 3 is 3.00 bits per heavy atom. The van der Waals surface area contributed by atoms with Crippen LogP contribution in [0.15, 0.2) is 41.2 Å². The highest BCUT2D eigenvalue weighted by Gasteiger charge is 2.18. The van der Waals surface area contributed by atoms with Crippen LogP contribution in [0.3, 0.4) is 0 Å². The van der Waals surface area contributed by atoms with Gasteiger partial charge in [0.25, 0.3) is 5.56 Å². The zero-order chi connectivity index (χ0) is 18.1. The number of hydrogen-bond acceptors (Lipinski definition) is 5. The van der Waals surface area contributed by atoms with Gasteiger partial charge in [-0.15, -0.1) is 0 Å². The van der Waals surface area contributed by atoms with E-state index in [0.717, 1.165) is 16.9 Å². The third-order valence-corrected chi connectivity index (χ3v) is 4.49. The first kappa shape index (κ1) is 17.0. The van der Waals surface area contributed by atoms with Crippen LogP contribution in [0.25, 0.3) is 10.9 Å². The summed E-state index contributed by atoms with van der Waals surface area (Å²) < 4.78 is 11.0. The third kappa shape index (κ3) is 3.44. The molecule has 26 heavy (non-hydrogen) atoms. The Hall–Kier alpha value is -2.41. The Morgan fingerprint density at radius 2 is 2.12 bits per heavy atom. The Bertz CT molecular complexity index is 1020. The highest BCUT2D eigenvalue weighted by atomic mass is 35.5. The van der Waals surface area contributed by atoms with Gasteiger partial charge in [-0.1, -0.05) is 23.7 Å². The van der Waals surface area contributed by atoms with Gasteiger partial charge in [-0.3, -0.25) is 9.69 Å². The molecule has 0 saturated heterocycles. The zero-order valence-corrected chi connectivity index (χ0v) is 15.0. The number of benzene rings is 2. The average molecular weight is 372 g/mol. The molecule has 1 N–H and O–H groups in total. The fraction of sp³-hybridized carbons (Fsp3) is 0.263. The van der Waals surface area contributed by atoms with Crippen molar-refractivity contribution < 1.29 is 9.47 Å². The largest absolute Gasteiger partial charge is 0.467 e. The topological polar surface area (TPSA) is 67.5 Å². The molecule has 0 bridgehead atoms. The van der Waals surface area contributed by atoms with Crippen LogP contribution in [-0.4, -0.2) is 28.7 Å². The Morgan fingerprint density at radius 1 is 1.27 bits per heavy atom. The van der Waals surface area contributed by atoms with Crippen molar-refractivity contribution in [1.29, 1.82) is 0 Å². The highest BCUT2D eigenvalue weighted by Crippen LogP contribution is 2.32. The first-order chi connectivity index (χ1) is 12.6. The molecular weight excluding hydrogens is 354 g/mol. The molecule has 3 aromatic rings. The number of ether oxygens (including phenoxy) is 2. The number of para-hydroxylation sites is 1. The Balaban J connectivity index is 1.57. The van der Waals surface area contributed by atoms with Crippen molar-refractivity contribution >= 4 is 22.5 Å². The maximum Gasteiger partial charge on any atom is 0.258 e. The summed E-state index contributed by atoms with van der Waals surface area (Å²) in [4.78, 5) is 21.7. The summed E-state index contributed by atoms with van der Waals surface area (Å²) in [5.74, 6) is 1.45. The maximum atomic E-state index is 12.2. The first-order valence-electron chi connectivity index (χ1n) is 8.28. The molecular formula is C19H18ClN3O3. The van der Waals surface area contributed by atoms with Gasteiger partial charge in [0.15, 0.2) is 6.79 Å². The van der Waals surface area contributed by atoms with Crippen molar-refractivity contribution in [2.75, 3.05) is 13.8 Å². The lowest BCUT2D eigenvalue weighted by molar-refractivity contribution is -0.0174. The molecule has 1 aliphatic rings. The zero-order valence-electron chi connectivity index (χ0n) is 14.3. The van der Waals surface area contributed by atoms with Crippen LogP contribution in [0.1, 0.15) is 17.0 Å². The van der Waals surface area contributed by atoms with E-state index in [1.54, 1.807) is 6.07 Å². The number of halogens is 1. The SMILES string of the molecule is CN(Cc1nc2ccccc2c(=O)[nH]1)Cc1cc(Cl)cc2c1OCOC2. The van der Waals surface area contributed by atoms with E-state index in [9.17, 15) is 4.79 Å². The molecule has 0 amide bonds. The van der Waals surface area contributed by atoms with E-state index < -0.39 is 0 Å². The van der Waals surface area contributed by atoms with Gasteiger partial charge >= 0.3 is 0 Å². The minimum atomic E-state index is -0.125. The van der Waals surface area contributed by atoms with Gasteiger partial charge in [0.05, 0.1) is 24.1 Å². The van der Waals surface area contributed by atoms with Gasteiger partial charge in [0, 0.05) is 22.7 Å². The molecule has 0 radical (unpaired) electrons. The van der Waals surface area contributed by atoms with Gasteiger partial charge in [-0.2, -0.15) is 0 Å². The summed E-state index contributed by atoms with van der Waals surface area (Å²) in [5, 5.41) is 1.25. The monoisotopic (exact) mass is 371 g/mol. The van der Waals surface area contributed by atoms with Gasteiger partial charge < -0.3 is 14.5 Å². The Labute approximate surface area is 155 Å². The normalized spacial score (nSPS) is 13.7. The molecule has 1 aliphatic heterocycles. The van der Waals surface area contributed by atoms with Crippen molar-refractivity contribution in [3.8, 4) is 5.75 Å². The molecule has 0 fully saturated rings. The van der Waals surface area contributed by atoms with Gasteiger partial charge in [0.2, 0.25) is 0 Å². The van der Waals surface area contributed by atoms with Crippen LogP contribution in [0.5, 0.6) is 5.75 Å². The molecule has 7 heteroatoms. The minimum Gasteiger partial charge on any atom is -0.467 e. The molecule has 0 atom stereocenters. The molecule has 1 aromatic heterocycles.